The van der Waals surface area contributed by atoms with Gasteiger partial charge in [0.25, 0.3) is 0 Å². The summed E-state index contributed by atoms with van der Waals surface area (Å²) >= 11 is 7.60. The molecule has 1 aliphatic rings. The molecule has 0 aliphatic carbocycles. The number of hydrogen-bond acceptors (Lipinski definition) is 7. The lowest BCUT2D eigenvalue weighted by atomic mass is 9.91. The minimum atomic E-state index is 0.332. The van der Waals surface area contributed by atoms with E-state index in [4.69, 9.17) is 30.5 Å². The molecule has 1 saturated heterocycles. The van der Waals surface area contributed by atoms with Gasteiger partial charge in [0.05, 0.1) is 27.9 Å². The van der Waals surface area contributed by atoms with Crippen molar-refractivity contribution in [2.45, 2.75) is 57.4 Å². The van der Waals surface area contributed by atoms with Gasteiger partial charge < -0.3 is 24.3 Å². The summed E-state index contributed by atoms with van der Waals surface area (Å²) in [5.74, 6) is 2.53. The quantitative estimate of drug-likeness (QED) is 0.194. The molecule has 0 saturated carbocycles. The average Bonchev–Trinajstić information content (AvgIpc) is 2.88. The second-order valence-electron chi connectivity index (χ2n) is 9.91. The van der Waals surface area contributed by atoms with Crippen LogP contribution >= 0.6 is 23.5 Å². The van der Waals surface area contributed by atoms with Crippen molar-refractivity contribution in [2.24, 2.45) is 5.41 Å². The maximum absolute atomic E-state index is 10.3. The Morgan fingerprint density at radius 3 is 2.11 bits per heavy atom. The highest BCUT2D eigenvalue weighted by molar-refractivity contribution is 7.97. The SMILES string of the molecule is COc1cc(OCCCC(C)(C)C)cc(OC)c1OC.O=CNC1CCN(Sc2ccc(Cl)cc2)CC1. The Labute approximate surface area is 231 Å². The number of carbonyl (C=O) groups is 1. The minimum absolute atomic E-state index is 0.332. The molecule has 0 spiro atoms. The van der Waals surface area contributed by atoms with Crippen molar-refractivity contribution >= 4 is 30.0 Å². The lowest BCUT2D eigenvalue weighted by molar-refractivity contribution is -0.110. The lowest BCUT2D eigenvalue weighted by Crippen LogP contribution is -2.39. The molecular formula is C28H41ClN2O5S. The van der Waals surface area contributed by atoms with Crippen molar-refractivity contribution in [2.75, 3.05) is 41.0 Å². The molecule has 0 radical (unpaired) electrons. The molecule has 3 rings (SSSR count). The first-order valence-electron chi connectivity index (χ1n) is 12.5. The van der Waals surface area contributed by atoms with E-state index >= 15 is 0 Å². The van der Waals surface area contributed by atoms with E-state index in [9.17, 15) is 4.79 Å². The van der Waals surface area contributed by atoms with Crippen LogP contribution in [-0.2, 0) is 4.79 Å². The maximum Gasteiger partial charge on any atom is 0.207 e. The molecule has 1 amide bonds. The normalized spacial score (nSPS) is 14.2. The second kappa shape index (κ2) is 15.8. The van der Waals surface area contributed by atoms with Crippen LogP contribution in [0.1, 0.15) is 46.5 Å². The number of ether oxygens (including phenoxy) is 4. The molecule has 0 bridgehead atoms. The van der Waals surface area contributed by atoms with Crippen LogP contribution in [0.15, 0.2) is 41.3 Å². The first-order valence-corrected chi connectivity index (χ1v) is 13.6. The molecule has 0 aromatic heterocycles. The van der Waals surface area contributed by atoms with Crippen molar-refractivity contribution in [1.29, 1.82) is 0 Å². The summed E-state index contributed by atoms with van der Waals surface area (Å²) in [5.41, 5.74) is 0.332. The van der Waals surface area contributed by atoms with Crippen molar-refractivity contribution in [3.05, 3.63) is 41.4 Å². The van der Waals surface area contributed by atoms with E-state index in [1.54, 1.807) is 33.3 Å². The molecule has 1 aliphatic heterocycles. The summed E-state index contributed by atoms with van der Waals surface area (Å²) in [7, 11) is 4.78. The van der Waals surface area contributed by atoms with E-state index in [0.29, 0.717) is 35.3 Å². The number of nitrogens with one attached hydrogen (secondary N) is 1. The molecule has 1 N–H and O–H groups in total. The summed E-state index contributed by atoms with van der Waals surface area (Å²) in [6.45, 7) is 9.36. The van der Waals surface area contributed by atoms with Crippen LogP contribution in [0.2, 0.25) is 5.02 Å². The Hall–Kier alpha value is -2.29. The van der Waals surface area contributed by atoms with Gasteiger partial charge in [0.2, 0.25) is 12.2 Å². The van der Waals surface area contributed by atoms with Crippen molar-refractivity contribution in [3.63, 3.8) is 0 Å². The van der Waals surface area contributed by atoms with Crippen LogP contribution in [-0.4, -0.2) is 57.8 Å². The zero-order valence-electron chi connectivity index (χ0n) is 22.8. The zero-order valence-corrected chi connectivity index (χ0v) is 24.4. The number of carbonyl (C=O) groups excluding carboxylic acids is 1. The molecule has 37 heavy (non-hydrogen) atoms. The number of benzene rings is 2. The molecule has 2 aromatic carbocycles. The fraction of sp³-hybridized carbons (Fsp3) is 0.536. The van der Waals surface area contributed by atoms with Gasteiger partial charge in [0.1, 0.15) is 5.75 Å². The Balaban J connectivity index is 0.000000263. The highest BCUT2D eigenvalue weighted by atomic mass is 35.5. The van der Waals surface area contributed by atoms with E-state index in [0.717, 1.165) is 56.0 Å². The summed E-state index contributed by atoms with van der Waals surface area (Å²) in [6.07, 6.45) is 4.96. The third kappa shape index (κ3) is 11.3. The van der Waals surface area contributed by atoms with Gasteiger partial charge in [-0.2, -0.15) is 0 Å². The first kappa shape index (κ1) is 30.9. The number of hydrogen-bond donors (Lipinski definition) is 1. The van der Waals surface area contributed by atoms with Gasteiger partial charge in [0, 0.05) is 41.2 Å². The predicted octanol–water partition coefficient (Wildman–Crippen LogP) is 6.48. The summed E-state index contributed by atoms with van der Waals surface area (Å²) in [5, 5.41) is 3.61. The Bertz CT molecular complexity index is 920. The molecule has 0 atom stereocenters. The lowest BCUT2D eigenvalue weighted by Gasteiger charge is -2.30. The van der Waals surface area contributed by atoms with Gasteiger partial charge in [-0.25, -0.2) is 4.31 Å². The van der Waals surface area contributed by atoms with Crippen LogP contribution in [0, 0.1) is 5.41 Å². The molecule has 0 unspecified atom stereocenters. The molecule has 2 aromatic rings. The third-order valence-electron chi connectivity index (χ3n) is 5.78. The summed E-state index contributed by atoms with van der Waals surface area (Å²) in [6, 6.07) is 11.9. The molecule has 9 heteroatoms. The topological polar surface area (TPSA) is 69.3 Å². The van der Waals surface area contributed by atoms with E-state index in [2.05, 4.69) is 30.4 Å². The van der Waals surface area contributed by atoms with Gasteiger partial charge in [-0.05, 0) is 67.3 Å². The number of methoxy groups -OCH3 is 3. The van der Waals surface area contributed by atoms with Crippen LogP contribution < -0.4 is 24.3 Å². The number of piperidine rings is 1. The summed E-state index contributed by atoms with van der Waals surface area (Å²) in [4.78, 5) is 11.5. The first-order chi connectivity index (χ1) is 17.7. The fourth-order valence-corrected chi connectivity index (χ4v) is 4.86. The van der Waals surface area contributed by atoms with Crippen LogP contribution in [0.5, 0.6) is 23.0 Å². The fourth-order valence-electron chi connectivity index (χ4n) is 3.79. The monoisotopic (exact) mass is 552 g/mol. The second-order valence-corrected chi connectivity index (χ2v) is 11.5. The molecule has 7 nitrogen and oxygen atoms in total. The van der Waals surface area contributed by atoms with Crippen LogP contribution in [0.25, 0.3) is 0 Å². The van der Waals surface area contributed by atoms with Crippen molar-refractivity contribution in [1.82, 2.24) is 9.62 Å². The predicted molar refractivity (Wildman–Crippen MR) is 151 cm³/mol. The van der Waals surface area contributed by atoms with Gasteiger partial charge in [-0.1, -0.05) is 32.4 Å². The number of halogens is 1. The Morgan fingerprint density at radius 1 is 1.03 bits per heavy atom. The number of amides is 1. The molecule has 1 heterocycles. The minimum Gasteiger partial charge on any atom is -0.493 e. The van der Waals surface area contributed by atoms with Crippen LogP contribution in [0.3, 0.4) is 0 Å². The third-order valence-corrected chi connectivity index (χ3v) is 7.14. The van der Waals surface area contributed by atoms with Gasteiger partial charge in [0.15, 0.2) is 11.5 Å². The summed E-state index contributed by atoms with van der Waals surface area (Å²) < 4.78 is 24.0. The van der Waals surface area contributed by atoms with Gasteiger partial charge in [-0.15, -0.1) is 0 Å². The zero-order chi connectivity index (χ0) is 27.3. The maximum atomic E-state index is 10.3. The van der Waals surface area contributed by atoms with Crippen LogP contribution in [0.4, 0.5) is 0 Å². The van der Waals surface area contributed by atoms with E-state index in [1.807, 2.05) is 36.4 Å². The van der Waals surface area contributed by atoms with E-state index < -0.39 is 0 Å². The molecular weight excluding hydrogens is 512 g/mol. The molecule has 206 valence electrons. The molecule has 1 fully saturated rings. The average molecular weight is 553 g/mol. The Kier molecular flexibility index (Phi) is 13.2. The van der Waals surface area contributed by atoms with E-state index in [1.165, 1.54) is 4.90 Å². The smallest absolute Gasteiger partial charge is 0.207 e. The number of rotatable bonds is 11. The largest absolute Gasteiger partial charge is 0.493 e. The highest BCUT2D eigenvalue weighted by Crippen LogP contribution is 2.40. The highest BCUT2D eigenvalue weighted by Gasteiger charge is 2.19. The van der Waals surface area contributed by atoms with E-state index in [-0.39, 0.29) is 0 Å². The standard InChI is InChI=1S/C16H26O4.C12H15ClN2OS/c1-16(2,3)8-7-9-20-12-10-13(17-4)15(19-6)14(11-12)18-5;13-10-1-3-12(4-2-10)17-15-7-5-11(6-8-15)14-9-16/h10-11H,7-9H2,1-6H3;1-4,9,11H,5-8H2,(H,14,16). The van der Waals surface area contributed by atoms with Crippen molar-refractivity contribution in [3.8, 4) is 23.0 Å². The Morgan fingerprint density at radius 2 is 1.62 bits per heavy atom. The van der Waals surface area contributed by atoms with Gasteiger partial charge >= 0.3 is 0 Å². The number of nitrogens with zero attached hydrogens (tertiary/aromatic N) is 1. The van der Waals surface area contributed by atoms with Gasteiger partial charge in [-0.3, -0.25) is 4.79 Å². The van der Waals surface area contributed by atoms with Crippen molar-refractivity contribution < 1.29 is 23.7 Å².